The van der Waals surface area contributed by atoms with Crippen LogP contribution in [0.5, 0.6) is 0 Å². The fourth-order valence-electron chi connectivity index (χ4n) is 2.17. The lowest BCUT2D eigenvalue weighted by molar-refractivity contribution is 0.575. The average Bonchev–Trinajstić information content (AvgIpc) is 2.88. The number of para-hydroxylation sites is 1. The molecule has 1 N–H and O–H groups in total. The molecule has 102 valence electrons. The van der Waals surface area contributed by atoms with Gasteiger partial charge < -0.3 is 5.32 Å². The highest BCUT2D eigenvalue weighted by Crippen LogP contribution is 2.27. The van der Waals surface area contributed by atoms with Crippen LogP contribution >= 0.6 is 22.9 Å². The first-order chi connectivity index (χ1) is 9.78. The summed E-state index contributed by atoms with van der Waals surface area (Å²) < 4.78 is 1.21. The minimum atomic E-state index is 0.0734. The van der Waals surface area contributed by atoms with E-state index < -0.39 is 0 Å². The summed E-state index contributed by atoms with van der Waals surface area (Å²) in [6.07, 6.45) is 2.55. The molecule has 3 aromatic rings. The van der Waals surface area contributed by atoms with Gasteiger partial charge in [0.15, 0.2) is 0 Å². The van der Waals surface area contributed by atoms with E-state index in [0.29, 0.717) is 5.02 Å². The van der Waals surface area contributed by atoms with Crippen molar-refractivity contribution in [3.63, 3.8) is 0 Å². The summed E-state index contributed by atoms with van der Waals surface area (Å²) in [6.45, 7) is 0. The van der Waals surface area contributed by atoms with Gasteiger partial charge in [-0.05, 0) is 31.3 Å². The van der Waals surface area contributed by atoms with Crippen molar-refractivity contribution in [2.24, 2.45) is 0 Å². The van der Waals surface area contributed by atoms with Crippen molar-refractivity contribution >= 4 is 33.2 Å². The fourth-order valence-corrected chi connectivity index (χ4v) is 3.44. The molecule has 0 bridgehead atoms. The van der Waals surface area contributed by atoms with Gasteiger partial charge in [0.1, 0.15) is 0 Å². The Hall–Kier alpha value is -1.49. The van der Waals surface area contributed by atoms with Crippen LogP contribution in [0, 0.1) is 0 Å². The Kier molecular flexibility index (Phi) is 3.96. The van der Waals surface area contributed by atoms with Gasteiger partial charge in [-0.25, -0.2) is 4.98 Å². The van der Waals surface area contributed by atoms with Crippen LogP contribution in [0.4, 0.5) is 0 Å². The lowest BCUT2D eigenvalue weighted by Crippen LogP contribution is -2.20. The van der Waals surface area contributed by atoms with E-state index >= 15 is 0 Å². The number of hydrogen-bond donors (Lipinski definition) is 1. The smallest absolute Gasteiger partial charge is 0.0958 e. The second-order valence-corrected chi connectivity index (χ2v) is 6.01. The predicted molar refractivity (Wildman–Crippen MR) is 84.4 cm³/mol. The van der Waals surface area contributed by atoms with Crippen molar-refractivity contribution in [2.75, 3.05) is 7.05 Å². The van der Waals surface area contributed by atoms with Crippen LogP contribution in [0.3, 0.4) is 0 Å². The van der Waals surface area contributed by atoms with Crippen molar-refractivity contribution in [1.82, 2.24) is 15.3 Å². The van der Waals surface area contributed by atoms with Crippen LogP contribution in [0.1, 0.15) is 16.7 Å². The summed E-state index contributed by atoms with van der Waals surface area (Å²) >= 11 is 7.94. The minimum absolute atomic E-state index is 0.0734. The van der Waals surface area contributed by atoms with Gasteiger partial charge in [-0.1, -0.05) is 23.7 Å². The number of benzene rings is 1. The van der Waals surface area contributed by atoms with Gasteiger partial charge in [0, 0.05) is 12.6 Å². The summed E-state index contributed by atoms with van der Waals surface area (Å²) in [5.41, 5.74) is 1.92. The largest absolute Gasteiger partial charge is 0.311 e. The molecule has 1 unspecified atom stereocenters. The van der Waals surface area contributed by atoms with Crippen LogP contribution in [0.15, 0.2) is 42.6 Å². The lowest BCUT2D eigenvalue weighted by atomic mass is 10.1. The number of nitrogens with zero attached hydrogens (tertiary/aromatic N) is 2. The number of hydrogen-bond acceptors (Lipinski definition) is 4. The van der Waals surface area contributed by atoms with Crippen LogP contribution in [0.25, 0.3) is 10.2 Å². The number of thiazole rings is 1. The van der Waals surface area contributed by atoms with Gasteiger partial charge in [-0.15, -0.1) is 11.3 Å². The zero-order chi connectivity index (χ0) is 13.9. The first kappa shape index (κ1) is 13.5. The third kappa shape index (κ3) is 2.68. The van der Waals surface area contributed by atoms with Gasteiger partial charge >= 0.3 is 0 Å². The molecule has 0 aliphatic rings. The summed E-state index contributed by atoms with van der Waals surface area (Å²) in [7, 11) is 1.92. The maximum absolute atomic E-state index is 6.22. The Morgan fingerprint density at radius 2 is 2.10 bits per heavy atom. The molecule has 2 heterocycles. The summed E-state index contributed by atoms with van der Waals surface area (Å²) in [5, 5.41) is 5.05. The number of aromatic nitrogens is 2. The van der Waals surface area contributed by atoms with Crippen molar-refractivity contribution in [2.45, 2.75) is 12.5 Å². The molecule has 0 radical (unpaired) electrons. The molecule has 1 aromatic carbocycles. The molecule has 3 nitrogen and oxygen atoms in total. The van der Waals surface area contributed by atoms with E-state index in [0.717, 1.165) is 22.6 Å². The Morgan fingerprint density at radius 3 is 2.85 bits per heavy atom. The van der Waals surface area contributed by atoms with Crippen LogP contribution in [-0.2, 0) is 6.42 Å². The molecule has 3 rings (SSSR count). The van der Waals surface area contributed by atoms with Gasteiger partial charge in [0.05, 0.1) is 32.0 Å². The van der Waals surface area contributed by atoms with Crippen LogP contribution in [-0.4, -0.2) is 17.0 Å². The van der Waals surface area contributed by atoms with E-state index in [-0.39, 0.29) is 6.04 Å². The first-order valence-electron chi connectivity index (χ1n) is 6.40. The fraction of sp³-hybridized carbons (Fsp3) is 0.200. The minimum Gasteiger partial charge on any atom is -0.311 e. The van der Waals surface area contributed by atoms with Crippen molar-refractivity contribution in [3.8, 4) is 0 Å². The molecular formula is C15H14ClN3S. The first-order valence-corrected chi connectivity index (χ1v) is 7.59. The highest BCUT2D eigenvalue weighted by molar-refractivity contribution is 7.18. The normalized spacial score (nSPS) is 12.7. The van der Waals surface area contributed by atoms with Crippen LogP contribution in [0.2, 0.25) is 5.02 Å². The molecule has 0 aliphatic heterocycles. The number of likely N-dealkylation sites (N-methyl/N-ethyl adjacent to an activating group) is 1. The number of nitrogens with one attached hydrogen (secondary N) is 1. The van der Waals surface area contributed by atoms with E-state index in [1.54, 1.807) is 17.5 Å². The number of halogens is 1. The SMILES string of the molecule is CNC(Cc1nc2ccccc2s1)c1ncccc1Cl. The molecule has 1 atom stereocenters. The number of fused-ring (bicyclic) bond motifs is 1. The standard InChI is InChI=1S/C15H14ClN3S/c1-17-12(15-10(16)5-4-8-18-15)9-14-19-11-6-2-3-7-13(11)20-14/h2-8,12,17H,9H2,1H3. The third-order valence-corrected chi connectivity index (χ3v) is 4.56. The number of rotatable bonds is 4. The van der Waals surface area contributed by atoms with E-state index in [9.17, 15) is 0 Å². The summed E-state index contributed by atoms with van der Waals surface area (Å²) in [5.74, 6) is 0. The Morgan fingerprint density at radius 1 is 1.25 bits per heavy atom. The summed E-state index contributed by atoms with van der Waals surface area (Å²) in [6, 6.07) is 12.0. The molecule has 5 heteroatoms. The van der Waals surface area contributed by atoms with E-state index in [1.165, 1.54) is 4.70 Å². The molecule has 0 aliphatic carbocycles. The average molecular weight is 304 g/mol. The lowest BCUT2D eigenvalue weighted by Gasteiger charge is -2.15. The summed E-state index contributed by atoms with van der Waals surface area (Å²) in [4.78, 5) is 9.05. The maximum atomic E-state index is 6.22. The predicted octanol–water partition coefficient (Wildman–Crippen LogP) is 3.85. The zero-order valence-electron chi connectivity index (χ0n) is 11.0. The maximum Gasteiger partial charge on any atom is 0.0958 e. The molecule has 0 saturated carbocycles. The van der Waals surface area contributed by atoms with E-state index in [4.69, 9.17) is 11.6 Å². The second-order valence-electron chi connectivity index (χ2n) is 4.49. The molecule has 2 aromatic heterocycles. The molecule has 0 amide bonds. The third-order valence-electron chi connectivity index (χ3n) is 3.18. The molecular weight excluding hydrogens is 290 g/mol. The van der Waals surface area contributed by atoms with Gasteiger partial charge in [0.25, 0.3) is 0 Å². The van der Waals surface area contributed by atoms with Crippen molar-refractivity contribution < 1.29 is 0 Å². The molecule has 0 spiro atoms. The van der Waals surface area contributed by atoms with Crippen LogP contribution < -0.4 is 5.32 Å². The quantitative estimate of drug-likeness (QED) is 0.795. The van der Waals surface area contributed by atoms with Crippen molar-refractivity contribution in [3.05, 3.63) is 58.3 Å². The Balaban J connectivity index is 1.90. The number of pyridine rings is 1. The zero-order valence-corrected chi connectivity index (χ0v) is 12.6. The van der Waals surface area contributed by atoms with Gasteiger partial charge in [-0.2, -0.15) is 0 Å². The molecule has 0 saturated heterocycles. The van der Waals surface area contributed by atoms with Gasteiger partial charge in [0.2, 0.25) is 0 Å². The highest BCUT2D eigenvalue weighted by Gasteiger charge is 2.16. The van der Waals surface area contributed by atoms with Gasteiger partial charge in [-0.3, -0.25) is 4.98 Å². The Labute approximate surface area is 126 Å². The molecule has 20 heavy (non-hydrogen) atoms. The topological polar surface area (TPSA) is 37.8 Å². The highest BCUT2D eigenvalue weighted by atomic mass is 35.5. The van der Waals surface area contributed by atoms with Crippen molar-refractivity contribution in [1.29, 1.82) is 0 Å². The van der Waals surface area contributed by atoms with E-state index in [2.05, 4.69) is 21.4 Å². The second kappa shape index (κ2) is 5.87. The van der Waals surface area contributed by atoms with E-state index in [1.807, 2.05) is 37.4 Å². The monoisotopic (exact) mass is 303 g/mol. The molecule has 0 fully saturated rings. The Bertz CT molecular complexity index is 693.